The number of nitrogens with one attached hydrogen (secondary N) is 3. The van der Waals surface area contributed by atoms with Gasteiger partial charge < -0.3 is 15.6 Å². The Kier molecular flexibility index (Phi) is 6.26. The Balaban J connectivity index is 1.57. The smallest absolute Gasteiger partial charge is 0.353 e. The van der Waals surface area contributed by atoms with Crippen LogP contribution in [0.25, 0.3) is 0 Å². The molecule has 154 valence electrons. The van der Waals surface area contributed by atoms with E-state index in [9.17, 15) is 27.6 Å². The van der Waals surface area contributed by atoms with Gasteiger partial charge in [0.25, 0.3) is 5.56 Å². The van der Waals surface area contributed by atoms with Crippen molar-refractivity contribution < 1.29 is 22.8 Å². The first kappa shape index (κ1) is 20.9. The van der Waals surface area contributed by atoms with E-state index in [2.05, 4.69) is 20.6 Å². The quantitative estimate of drug-likeness (QED) is 0.466. The molecule has 1 aliphatic carbocycles. The lowest BCUT2D eigenvalue weighted by molar-refractivity contribution is -0.137. The molecule has 11 heteroatoms. The largest absolute Gasteiger partial charge is 0.416 e. The summed E-state index contributed by atoms with van der Waals surface area (Å²) in [5.41, 5.74) is -1.05. The Morgan fingerprint density at radius 2 is 1.97 bits per heavy atom. The summed E-state index contributed by atoms with van der Waals surface area (Å²) in [6, 6.07) is 5.68. The Hall–Kier alpha value is -2.82. The molecule has 0 aliphatic heterocycles. The lowest BCUT2D eigenvalue weighted by atomic mass is 10.2. The first-order valence-electron chi connectivity index (χ1n) is 8.68. The van der Waals surface area contributed by atoms with E-state index >= 15 is 0 Å². The summed E-state index contributed by atoms with van der Waals surface area (Å²) in [4.78, 5) is 42.2. The highest BCUT2D eigenvalue weighted by molar-refractivity contribution is 7.99. The number of H-pyrrole nitrogens is 1. The second kappa shape index (κ2) is 8.68. The number of alkyl halides is 3. The van der Waals surface area contributed by atoms with Gasteiger partial charge in [0.2, 0.25) is 11.8 Å². The van der Waals surface area contributed by atoms with Crippen molar-refractivity contribution in [3.05, 3.63) is 51.9 Å². The summed E-state index contributed by atoms with van der Waals surface area (Å²) < 4.78 is 38.2. The Labute approximate surface area is 167 Å². The number of anilines is 1. The van der Waals surface area contributed by atoms with Crippen molar-refractivity contribution >= 4 is 29.3 Å². The number of amides is 2. The molecule has 0 radical (unpaired) electrons. The van der Waals surface area contributed by atoms with Gasteiger partial charge in [-0.05, 0) is 31.0 Å². The zero-order valence-corrected chi connectivity index (χ0v) is 15.8. The molecule has 1 aromatic carbocycles. The summed E-state index contributed by atoms with van der Waals surface area (Å²) in [6.07, 6.45) is -2.68. The van der Waals surface area contributed by atoms with Gasteiger partial charge in [-0.2, -0.15) is 13.2 Å². The van der Waals surface area contributed by atoms with Crippen LogP contribution >= 0.6 is 11.8 Å². The molecule has 3 N–H and O–H groups in total. The molecule has 1 aliphatic rings. The monoisotopic (exact) mass is 426 g/mol. The second-order valence-electron chi connectivity index (χ2n) is 6.48. The predicted octanol–water partition coefficient (Wildman–Crippen LogP) is 2.34. The van der Waals surface area contributed by atoms with Crippen LogP contribution in [0.15, 0.2) is 40.3 Å². The fraction of sp³-hybridized carbons (Fsp3) is 0.333. The lowest BCUT2D eigenvalue weighted by Crippen LogP contribution is -2.28. The van der Waals surface area contributed by atoms with E-state index in [1.54, 1.807) is 0 Å². The maximum absolute atomic E-state index is 12.7. The molecule has 7 nitrogen and oxygen atoms in total. The molecule has 0 bridgehead atoms. The fourth-order valence-corrected chi connectivity index (χ4v) is 3.11. The van der Waals surface area contributed by atoms with Crippen LogP contribution < -0.4 is 16.2 Å². The van der Waals surface area contributed by atoms with Crippen LogP contribution in [0.5, 0.6) is 0 Å². The average molecular weight is 426 g/mol. The maximum atomic E-state index is 12.7. The molecule has 2 amide bonds. The van der Waals surface area contributed by atoms with Crippen LogP contribution in [-0.4, -0.2) is 33.6 Å². The van der Waals surface area contributed by atoms with Gasteiger partial charge in [0.05, 0.1) is 23.4 Å². The van der Waals surface area contributed by atoms with Crippen LogP contribution in [0.1, 0.15) is 24.1 Å². The summed E-state index contributed by atoms with van der Waals surface area (Å²) in [5, 5.41) is 5.31. The lowest BCUT2D eigenvalue weighted by Gasteiger charge is -2.10. The molecule has 29 heavy (non-hydrogen) atoms. The van der Waals surface area contributed by atoms with Crippen molar-refractivity contribution in [2.45, 2.75) is 36.6 Å². The molecular formula is C18H17F3N4O3S. The summed E-state index contributed by atoms with van der Waals surface area (Å²) in [5.74, 6) is -0.977. The van der Waals surface area contributed by atoms with Crippen LogP contribution in [0.2, 0.25) is 0 Å². The zero-order chi connectivity index (χ0) is 21.0. The Morgan fingerprint density at radius 1 is 1.21 bits per heavy atom. The van der Waals surface area contributed by atoms with E-state index in [-0.39, 0.29) is 40.7 Å². The highest BCUT2D eigenvalue weighted by Gasteiger charge is 2.30. The number of hydrogen-bond acceptors (Lipinski definition) is 5. The number of carbonyl (C=O) groups is 2. The highest BCUT2D eigenvalue weighted by atomic mass is 32.2. The van der Waals surface area contributed by atoms with Crippen molar-refractivity contribution in [2.75, 3.05) is 11.1 Å². The SMILES string of the molecule is O=C(CSc1nc(CC(=O)NC2CC2)cc(=O)[nH]1)Nc1cccc(C(F)(F)F)c1. The summed E-state index contributed by atoms with van der Waals surface area (Å²) in [7, 11) is 0. The number of halogens is 3. The summed E-state index contributed by atoms with van der Waals surface area (Å²) in [6.45, 7) is 0. The van der Waals surface area contributed by atoms with Crippen LogP contribution in [0.4, 0.5) is 18.9 Å². The number of aromatic amines is 1. The molecular weight excluding hydrogens is 409 g/mol. The molecule has 0 atom stereocenters. The molecule has 2 aromatic rings. The third-order valence-corrected chi connectivity index (χ3v) is 4.74. The zero-order valence-electron chi connectivity index (χ0n) is 15.0. The molecule has 1 heterocycles. The first-order chi connectivity index (χ1) is 13.7. The van der Waals surface area contributed by atoms with E-state index in [0.717, 1.165) is 36.7 Å². The molecule has 0 saturated heterocycles. The van der Waals surface area contributed by atoms with Crippen molar-refractivity contribution in [1.29, 1.82) is 0 Å². The van der Waals surface area contributed by atoms with E-state index in [4.69, 9.17) is 0 Å². The predicted molar refractivity (Wildman–Crippen MR) is 101 cm³/mol. The minimum absolute atomic E-state index is 0.0115. The Bertz CT molecular complexity index is 973. The van der Waals surface area contributed by atoms with Gasteiger partial charge >= 0.3 is 6.18 Å². The molecule has 3 rings (SSSR count). The van der Waals surface area contributed by atoms with Gasteiger partial charge in [0, 0.05) is 17.8 Å². The van der Waals surface area contributed by atoms with Crippen LogP contribution in [0, 0.1) is 0 Å². The van der Waals surface area contributed by atoms with Gasteiger partial charge in [-0.15, -0.1) is 0 Å². The molecule has 1 fully saturated rings. The second-order valence-corrected chi connectivity index (χ2v) is 7.44. The van der Waals surface area contributed by atoms with Crippen molar-refractivity contribution in [1.82, 2.24) is 15.3 Å². The minimum Gasteiger partial charge on any atom is -0.353 e. The minimum atomic E-state index is -4.51. The number of carbonyl (C=O) groups excluding carboxylic acids is 2. The third-order valence-electron chi connectivity index (χ3n) is 3.87. The number of nitrogens with zero attached hydrogens (tertiary/aromatic N) is 1. The van der Waals surface area contributed by atoms with Crippen molar-refractivity contribution in [3.63, 3.8) is 0 Å². The molecule has 1 saturated carbocycles. The average Bonchev–Trinajstić information content (AvgIpc) is 3.43. The van der Waals surface area contributed by atoms with E-state index in [0.29, 0.717) is 0 Å². The number of hydrogen-bond donors (Lipinski definition) is 3. The first-order valence-corrected chi connectivity index (χ1v) is 9.67. The van der Waals surface area contributed by atoms with Crippen molar-refractivity contribution in [2.24, 2.45) is 0 Å². The molecule has 0 unspecified atom stereocenters. The maximum Gasteiger partial charge on any atom is 0.416 e. The van der Waals surface area contributed by atoms with Gasteiger partial charge in [0.15, 0.2) is 5.16 Å². The molecule has 1 aromatic heterocycles. The highest BCUT2D eigenvalue weighted by Crippen LogP contribution is 2.30. The van der Waals surface area contributed by atoms with Crippen molar-refractivity contribution in [3.8, 4) is 0 Å². The topological polar surface area (TPSA) is 104 Å². The van der Waals surface area contributed by atoms with Gasteiger partial charge in [-0.3, -0.25) is 14.4 Å². The van der Waals surface area contributed by atoms with Gasteiger partial charge in [-0.1, -0.05) is 17.8 Å². The third kappa shape index (κ3) is 6.63. The summed E-state index contributed by atoms with van der Waals surface area (Å²) >= 11 is 0.907. The normalized spacial score (nSPS) is 13.8. The number of rotatable bonds is 7. The van der Waals surface area contributed by atoms with E-state index < -0.39 is 23.2 Å². The number of benzene rings is 1. The van der Waals surface area contributed by atoms with Gasteiger partial charge in [-0.25, -0.2) is 4.98 Å². The number of aromatic nitrogens is 2. The van der Waals surface area contributed by atoms with Crippen LogP contribution in [0.3, 0.4) is 0 Å². The fourth-order valence-electron chi connectivity index (χ4n) is 2.42. The standard InChI is InChI=1S/C18H17F3N4O3S/c19-18(20,21)10-2-1-3-12(6-10)23-16(28)9-29-17-24-13(8-15(27)25-17)7-14(26)22-11-4-5-11/h1-3,6,8,11H,4-5,7,9H2,(H,22,26)(H,23,28)(H,24,25,27). The van der Waals surface area contributed by atoms with E-state index in [1.807, 2.05) is 0 Å². The number of thioether (sulfide) groups is 1. The molecule has 0 spiro atoms. The van der Waals surface area contributed by atoms with E-state index in [1.165, 1.54) is 18.2 Å². The van der Waals surface area contributed by atoms with Crippen LogP contribution in [-0.2, 0) is 22.2 Å². The van der Waals surface area contributed by atoms with Gasteiger partial charge in [0.1, 0.15) is 0 Å². The Morgan fingerprint density at radius 3 is 2.66 bits per heavy atom.